The van der Waals surface area contributed by atoms with Crippen LogP contribution in [0.2, 0.25) is 0 Å². The van der Waals surface area contributed by atoms with Crippen LogP contribution in [0.15, 0.2) is 0 Å². The third-order valence-corrected chi connectivity index (χ3v) is 2.34. The molecular formula is C7H16N2. The van der Waals surface area contributed by atoms with Crippen molar-refractivity contribution in [2.45, 2.75) is 18.9 Å². The van der Waals surface area contributed by atoms with Gasteiger partial charge in [0.1, 0.15) is 0 Å². The van der Waals surface area contributed by atoms with E-state index in [2.05, 4.69) is 19.0 Å². The lowest BCUT2D eigenvalue weighted by Crippen LogP contribution is -2.46. The molecule has 2 nitrogen and oxygen atoms in total. The fourth-order valence-electron chi connectivity index (χ4n) is 1.51. The summed E-state index contributed by atoms with van der Waals surface area (Å²) >= 11 is 0. The molecule has 0 spiro atoms. The summed E-state index contributed by atoms with van der Waals surface area (Å²) < 4.78 is 0. The largest absolute Gasteiger partial charge is 0.330 e. The average molecular weight is 128 g/mol. The van der Waals surface area contributed by atoms with Crippen molar-refractivity contribution >= 4 is 0 Å². The molecule has 0 radical (unpaired) electrons. The second kappa shape index (κ2) is 2.67. The zero-order valence-corrected chi connectivity index (χ0v) is 6.30. The molecule has 2 unspecified atom stereocenters. The van der Waals surface area contributed by atoms with Crippen LogP contribution in [0.25, 0.3) is 0 Å². The molecule has 0 aliphatic heterocycles. The first-order valence-corrected chi connectivity index (χ1v) is 3.62. The van der Waals surface area contributed by atoms with Gasteiger partial charge in [0.15, 0.2) is 0 Å². The minimum Gasteiger partial charge on any atom is -0.330 e. The van der Waals surface area contributed by atoms with Gasteiger partial charge in [0.25, 0.3) is 0 Å². The normalized spacial score (nSPS) is 34.7. The van der Waals surface area contributed by atoms with Crippen LogP contribution in [0.3, 0.4) is 0 Å². The van der Waals surface area contributed by atoms with E-state index in [1.807, 2.05) is 0 Å². The van der Waals surface area contributed by atoms with Crippen molar-refractivity contribution in [3.8, 4) is 0 Å². The highest BCUT2D eigenvalue weighted by Crippen LogP contribution is 2.29. The Morgan fingerprint density at radius 2 is 2.11 bits per heavy atom. The molecule has 2 N–H and O–H groups in total. The molecule has 2 heteroatoms. The van der Waals surface area contributed by atoms with E-state index in [1.165, 1.54) is 12.8 Å². The number of rotatable bonds is 2. The van der Waals surface area contributed by atoms with Crippen LogP contribution >= 0.6 is 0 Å². The van der Waals surface area contributed by atoms with Gasteiger partial charge < -0.3 is 10.6 Å². The van der Waals surface area contributed by atoms with Crippen LogP contribution < -0.4 is 5.73 Å². The fourth-order valence-corrected chi connectivity index (χ4v) is 1.51. The van der Waals surface area contributed by atoms with Crippen molar-refractivity contribution in [1.82, 2.24) is 4.90 Å². The quantitative estimate of drug-likeness (QED) is 0.579. The van der Waals surface area contributed by atoms with E-state index in [0.717, 1.165) is 18.5 Å². The van der Waals surface area contributed by atoms with Crippen molar-refractivity contribution < 1.29 is 0 Å². The maximum atomic E-state index is 5.54. The van der Waals surface area contributed by atoms with E-state index < -0.39 is 0 Å². The number of hydrogen-bond acceptors (Lipinski definition) is 2. The molecule has 54 valence electrons. The minimum absolute atomic E-state index is 0.773. The average Bonchev–Trinajstić information content (AvgIpc) is 1.61. The summed E-state index contributed by atoms with van der Waals surface area (Å²) in [6.45, 7) is 0.864. The van der Waals surface area contributed by atoms with Gasteiger partial charge in [0.05, 0.1) is 0 Å². The Labute approximate surface area is 57.0 Å². The lowest BCUT2D eigenvalue weighted by Gasteiger charge is -2.40. The second-order valence-corrected chi connectivity index (χ2v) is 3.10. The van der Waals surface area contributed by atoms with Crippen molar-refractivity contribution in [2.24, 2.45) is 11.7 Å². The van der Waals surface area contributed by atoms with Gasteiger partial charge in [0.2, 0.25) is 0 Å². The van der Waals surface area contributed by atoms with Crippen molar-refractivity contribution in [1.29, 1.82) is 0 Å². The molecule has 1 saturated carbocycles. The van der Waals surface area contributed by atoms with Crippen molar-refractivity contribution in [3.05, 3.63) is 0 Å². The van der Waals surface area contributed by atoms with Crippen LogP contribution in [0, 0.1) is 5.92 Å². The van der Waals surface area contributed by atoms with E-state index in [1.54, 1.807) is 0 Å². The minimum atomic E-state index is 0.773. The van der Waals surface area contributed by atoms with Gasteiger partial charge in [-0.3, -0.25) is 0 Å². The molecule has 1 aliphatic carbocycles. The van der Waals surface area contributed by atoms with Gasteiger partial charge in [-0.2, -0.15) is 0 Å². The molecule has 2 atom stereocenters. The van der Waals surface area contributed by atoms with E-state index in [9.17, 15) is 0 Å². The Kier molecular flexibility index (Phi) is 2.09. The van der Waals surface area contributed by atoms with Crippen LogP contribution in [0.1, 0.15) is 12.8 Å². The maximum Gasteiger partial charge on any atom is 0.0130 e. The summed E-state index contributed by atoms with van der Waals surface area (Å²) in [5.41, 5.74) is 5.54. The van der Waals surface area contributed by atoms with Crippen LogP contribution in [0.4, 0.5) is 0 Å². The van der Waals surface area contributed by atoms with Crippen LogP contribution in [-0.2, 0) is 0 Å². The van der Waals surface area contributed by atoms with Gasteiger partial charge in [-0.05, 0) is 39.4 Å². The summed E-state index contributed by atoms with van der Waals surface area (Å²) in [6.07, 6.45) is 2.67. The highest BCUT2D eigenvalue weighted by Gasteiger charge is 2.30. The zero-order valence-electron chi connectivity index (χ0n) is 6.30. The van der Waals surface area contributed by atoms with Crippen LogP contribution in [0.5, 0.6) is 0 Å². The Morgan fingerprint density at radius 1 is 1.44 bits per heavy atom. The molecule has 0 aromatic carbocycles. The first kappa shape index (κ1) is 7.03. The highest BCUT2D eigenvalue weighted by atomic mass is 15.1. The van der Waals surface area contributed by atoms with E-state index in [0.29, 0.717) is 0 Å². The summed E-state index contributed by atoms with van der Waals surface area (Å²) in [5.74, 6) is 0.778. The van der Waals surface area contributed by atoms with Gasteiger partial charge in [0, 0.05) is 6.04 Å². The molecule has 1 fully saturated rings. The Bertz CT molecular complexity index is 88.9. The van der Waals surface area contributed by atoms with Gasteiger partial charge >= 0.3 is 0 Å². The Morgan fingerprint density at radius 3 is 2.22 bits per heavy atom. The smallest absolute Gasteiger partial charge is 0.0130 e. The van der Waals surface area contributed by atoms with Crippen molar-refractivity contribution in [2.75, 3.05) is 20.6 Å². The molecule has 0 bridgehead atoms. The molecule has 1 rings (SSSR count). The lowest BCUT2D eigenvalue weighted by atomic mass is 9.79. The standard InChI is InChI=1S/C7H16N2/c1-9(2)7-4-3-6(7)5-8/h6-7H,3-5,8H2,1-2H3. The van der Waals surface area contributed by atoms with Crippen LogP contribution in [-0.4, -0.2) is 31.6 Å². The first-order valence-electron chi connectivity index (χ1n) is 3.62. The molecule has 9 heavy (non-hydrogen) atoms. The molecule has 0 saturated heterocycles. The molecule has 0 amide bonds. The number of hydrogen-bond donors (Lipinski definition) is 1. The highest BCUT2D eigenvalue weighted by molar-refractivity contribution is 4.86. The summed E-state index contributed by atoms with van der Waals surface area (Å²) in [5, 5.41) is 0. The summed E-state index contributed by atoms with van der Waals surface area (Å²) in [4.78, 5) is 2.28. The molecule has 0 aromatic heterocycles. The zero-order chi connectivity index (χ0) is 6.85. The van der Waals surface area contributed by atoms with Gasteiger partial charge in [-0.25, -0.2) is 0 Å². The van der Waals surface area contributed by atoms with E-state index >= 15 is 0 Å². The Balaban J connectivity index is 2.27. The third-order valence-electron chi connectivity index (χ3n) is 2.34. The molecule has 0 heterocycles. The Hall–Kier alpha value is -0.0800. The summed E-state index contributed by atoms with van der Waals surface area (Å²) in [7, 11) is 4.26. The maximum absolute atomic E-state index is 5.54. The monoisotopic (exact) mass is 128 g/mol. The third kappa shape index (κ3) is 1.25. The first-order chi connectivity index (χ1) is 4.25. The predicted molar refractivity (Wildman–Crippen MR) is 39.3 cm³/mol. The van der Waals surface area contributed by atoms with Gasteiger partial charge in [-0.1, -0.05) is 0 Å². The lowest BCUT2D eigenvalue weighted by molar-refractivity contribution is 0.112. The molecule has 1 aliphatic rings. The SMILES string of the molecule is CN(C)C1CCC1CN. The number of nitrogens with zero attached hydrogens (tertiary/aromatic N) is 1. The fraction of sp³-hybridized carbons (Fsp3) is 1.00. The topological polar surface area (TPSA) is 29.3 Å². The summed E-state index contributed by atoms with van der Waals surface area (Å²) in [6, 6.07) is 0.773. The van der Waals surface area contributed by atoms with E-state index in [4.69, 9.17) is 5.73 Å². The molecular weight excluding hydrogens is 112 g/mol. The predicted octanol–water partition coefficient (Wildman–Crippen LogP) is 0.285. The van der Waals surface area contributed by atoms with Crippen molar-refractivity contribution in [3.63, 3.8) is 0 Å². The number of nitrogens with two attached hydrogens (primary N) is 1. The van der Waals surface area contributed by atoms with Gasteiger partial charge in [-0.15, -0.1) is 0 Å². The second-order valence-electron chi connectivity index (χ2n) is 3.10. The molecule has 0 aromatic rings. The van der Waals surface area contributed by atoms with E-state index in [-0.39, 0.29) is 0 Å².